The summed E-state index contributed by atoms with van der Waals surface area (Å²) >= 11 is 0. The van der Waals surface area contributed by atoms with Crippen LogP contribution in [0.15, 0.2) is 24.3 Å². The molecule has 0 amide bonds. The zero-order valence-corrected chi connectivity index (χ0v) is 7.23. The fourth-order valence-corrected chi connectivity index (χ4v) is 0.898. The van der Waals surface area contributed by atoms with Crippen molar-refractivity contribution in [1.29, 1.82) is 0 Å². The van der Waals surface area contributed by atoms with Crippen molar-refractivity contribution in [2.45, 2.75) is 12.5 Å². The number of hydrogen-bond donors (Lipinski definition) is 4. The average Bonchev–Trinajstić information content (AvgIpc) is 2.03. The summed E-state index contributed by atoms with van der Waals surface area (Å²) in [6, 6.07) is 7.06. The first kappa shape index (κ1) is 9.94. The molecule has 0 saturated carbocycles. The minimum absolute atomic E-state index is 0.485. The minimum Gasteiger partial charge on any atom is -0.447 e. The van der Waals surface area contributed by atoms with Crippen molar-refractivity contribution < 1.29 is 4.74 Å². The molecule has 0 radical (unpaired) electrons. The number of hydrogen-bond acceptors (Lipinski definition) is 5. The van der Waals surface area contributed by atoms with Gasteiger partial charge in [-0.05, 0) is 17.7 Å². The Hall–Kier alpha value is -1.14. The second-order valence-electron chi connectivity index (χ2n) is 2.80. The molecule has 0 bridgehead atoms. The van der Waals surface area contributed by atoms with Crippen LogP contribution in [-0.2, 0) is 6.54 Å². The van der Waals surface area contributed by atoms with E-state index in [-0.39, 0.29) is 0 Å². The van der Waals surface area contributed by atoms with E-state index >= 15 is 0 Å². The molecule has 0 unspecified atom stereocenters. The predicted octanol–water partition coefficient (Wildman–Crippen LogP) is -0.988. The van der Waals surface area contributed by atoms with Crippen molar-refractivity contribution in [3.05, 3.63) is 29.8 Å². The summed E-state index contributed by atoms with van der Waals surface area (Å²) in [6.45, 7) is 0.485. The molecule has 0 aromatic heterocycles. The van der Waals surface area contributed by atoms with Gasteiger partial charge >= 0.3 is 0 Å². The lowest BCUT2D eigenvalue weighted by Crippen LogP contribution is -2.62. The quantitative estimate of drug-likeness (QED) is 0.448. The van der Waals surface area contributed by atoms with Crippen molar-refractivity contribution in [3.8, 4) is 5.75 Å². The van der Waals surface area contributed by atoms with Crippen LogP contribution in [0.25, 0.3) is 0 Å². The zero-order chi connectivity index (χ0) is 9.90. The van der Waals surface area contributed by atoms with Gasteiger partial charge in [-0.25, -0.2) is 0 Å². The molecule has 5 heteroatoms. The van der Waals surface area contributed by atoms with E-state index in [1.165, 1.54) is 0 Å². The van der Waals surface area contributed by atoms with Crippen LogP contribution in [-0.4, -0.2) is 5.97 Å². The van der Waals surface area contributed by atoms with Crippen LogP contribution >= 0.6 is 0 Å². The van der Waals surface area contributed by atoms with E-state index < -0.39 is 5.97 Å². The lowest BCUT2D eigenvalue weighted by atomic mass is 10.2. The Morgan fingerprint density at radius 1 is 1.08 bits per heavy atom. The van der Waals surface area contributed by atoms with Gasteiger partial charge in [-0.2, -0.15) is 0 Å². The molecule has 1 aromatic carbocycles. The Labute approximate surface area is 76.6 Å². The smallest absolute Gasteiger partial charge is 0.271 e. The highest BCUT2D eigenvalue weighted by atomic mass is 16.5. The van der Waals surface area contributed by atoms with Crippen LogP contribution < -0.4 is 27.7 Å². The molecule has 1 aromatic rings. The van der Waals surface area contributed by atoms with E-state index in [9.17, 15) is 0 Å². The van der Waals surface area contributed by atoms with Crippen LogP contribution in [0.2, 0.25) is 0 Å². The van der Waals surface area contributed by atoms with Gasteiger partial charge in [0.1, 0.15) is 5.75 Å². The average molecular weight is 182 g/mol. The maximum absolute atomic E-state index is 5.41. The maximum atomic E-state index is 5.41. The van der Waals surface area contributed by atoms with E-state index in [1.807, 2.05) is 12.1 Å². The number of benzene rings is 1. The molecule has 8 N–H and O–H groups in total. The third-order valence-corrected chi connectivity index (χ3v) is 1.45. The highest BCUT2D eigenvalue weighted by Crippen LogP contribution is 2.12. The molecule has 0 aliphatic heterocycles. The molecule has 5 nitrogen and oxygen atoms in total. The Balaban J connectivity index is 2.70. The van der Waals surface area contributed by atoms with Crippen molar-refractivity contribution >= 4 is 0 Å². The van der Waals surface area contributed by atoms with Crippen LogP contribution in [0.4, 0.5) is 0 Å². The van der Waals surface area contributed by atoms with Crippen molar-refractivity contribution in [1.82, 2.24) is 0 Å². The zero-order valence-electron chi connectivity index (χ0n) is 7.23. The third-order valence-electron chi connectivity index (χ3n) is 1.45. The SMILES string of the molecule is NCc1ccc(OC(N)(N)N)cc1. The van der Waals surface area contributed by atoms with Crippen molar-refractivity contribution in [2.75, 3.05) is 0 Å². The van der Waals surface area contributed by atoms with Crippen LogP contribution in [0.3, 0.4) is 0 Å². The first-order valence-corrected chi connectivity index (χ1v) is 3.86. The van der Waals surface area contributed by atoms with Crippen LogP contribution in [0, 0.1) is 0 Å². The summed E-state index contributed by atoms with van der Waals surface area (Å²) in [5.74, 6) is -1.12. The number of nitrogens with two attached hydrogens (primary N) is 4. The molecule has 0 heterocycles. The summed E-state index contributed by atoms with van der Waals surface area (Å²) in [5, 5.41) is 0. The van der Waals surface area contributed by atoms with Crippen LogP contribution in [0.1, 0.15) is 5.56 Å². The van der Waals surface area contributed by atoms with Crippen molar-refractivity contribution in [3.63, 3.8) is 0 Å². The van der Waals surface area contributed by atoms with E-state index in [1.54, 1.807) is 12.1 Å². The van der Waals surface area contributed by atoms with Gasteiger partial charge in [0.05, 0.1) is 0 Å². The third kappa shape index (κ3) is 3.39. The number of ether oxygens (including phenoxy) is 1. The maximum Gasteiger partial charge on any atom is 0.271 e. The molecule has 0 aliphatic rings. The molecule has 13 heavy (non-hydrogen) atoms. The predicted molar refractivity (Wildman–Crippen MR) is 50.3 cm³/mol. The lowest BCUT2D eigenvalue weighted by molar-refractivity contribution is 0.0902. The molecule has 0 fully saturated rings. The molecule has 0 atom stereocenters. The Bertz CT molecular complexity index is 264. The highest BCUT2D eigenvalue weighted by Gasteiger charge is 2.12. The number of rotatable bonds is 3. The lowest BCUT2D eigenvalue weighted by Gasteiger charge is -2.20. The second kappa shape index (κ2) is 3.71. The van der Waals surface area contributed by atoms with E-state index in [4.69, 9.17) is 27.7 Å². The molecule has 0 aliphatic carbocycles. The Kier molecular flexibility index (Phi) is 2.84. The Morgan fingerprint density at radius 2 is 1.62 bits per heavy atom. The summed E-state index contributed by atoms with van der Waals surface area (Å²) in [7, 11) is 0. The molecule has 0 saturated heterocycles. The van der Waals surface area contributed by atoms with Gasteiger partial charge < -0.3 is 10.5 Å². The monoisotopic (exact) mass is 182 g/mol. The molecule has 0 spiro atoms. The Morgan fingerprint density at radius 3 is 2.00 bits per heavy atom. The van der Waals surface area contributed by atoms with Gasteiger partial charge in [-0.1, -0.05) is 12.1 Å². The van der Waals surface area contributed by atoms with Gasteiger partial charge in [-0.15, -0.1) is 0 Å². The fraction of sp³-hybridized carbons (Fsp3) is 0.250. The summed E-state index contributed by atoms with van der Waals surface area (Å²) in [4.78, 5) is 0. The summed E-state index contributed by atoms with van der Waals surface area (Å²) in [5.41, 5.74) is 22.2. The molecule has 72 valence electrons. The van der Waals surface area contributed by atoms with Gasteiger partial charge in [-0.3, -0.25) is 17.2 Å². The standard InChI is InChI=1S/C8H14N4O/c9-5-6-1-3-7(4-2-6)13-8(10,11)12/h1-4H,5,9-12H2. The fourth-order valence-electron chi connectivity index (χ4n) is 0.898. The van der Waals surface area contributed by atoms with E-state index in [2.05, 4.69) is 0 Å². The van der Waals surface area contributed by atoms with Gasteiger partial charge in [0, 0.05) is 6.54 Å². The van der Waals surface area contributed by atoms with E-state index in [0.717, 1.165) is 5.56 Å². The van der Waals surface area contributed by atoms with Crippen LogP contribution in [0.5, 0.6) is 5.75 Å². The summed E-state index contributed by atoms with van der Waals surface area (Å²) in [6.07, 6.45) is 0. The van der Waals surface area contributed by atoms with Gasteiger partial charge in [0.2, 0.25) is 0 Å². The minimum atomic E-state index is -1.63. The van der Waals surface area contributed by atoms with Gasteiger partial charge in [0.15, 0.2) is 0 Å². The topological polar surface area (TPSA) is 113 Å². The summed E-state index contributed by atoms with van der Waals surface area (Å²) < 4.78 is 4.99. The normalized spacial score (nSPS) is 11.4. The highest BCUT2D eigenvalue weighted by molar-refractivity contribution is 5.27. The first-order valence-electron chi connectivity index (χ1n) is 3.86. The van der Waals surface area contributed by atoms with Gasteiger partial charge in [0.25, 0.3) is 5.97 Å². The first-order chi connectivity index (χ1) is 6.01. The van der Waals surface area contributed by atoms with E-state index in [0.29, 0.717) is 12.3 Å². The van der Waals surface area contributed by atoms with Crippen molar-refractivity contribution in [2.24, 2.45) is 22.9 Å². The molecular formula is C8H14N4O. The second-order valence-corrected chi connectivity index (χ2v) is 2.80. The molecular weight excluding hydrogens is 168 g/mol. The molecule has 1 rings (SSSR count). The largest absolute Gasteiger partial charge is 0.447 e.